The van der Waals surface area contributed by atoms with Crippen LogP contribution in [0.1, 0.15) is 12.5 Å². The summed E-state index contributed by atoms with van der Waals surface area (Å²) in [5.41, 5.74) is -0.763. The highest BCUT2D eigenvalue weighted by molar-refractivity contribution is 5.82. The Morgan fingerprint density at radius 1 is 1.50 bits per heavy atom. The van der Waals surface area contributed by atoms with Gasteiger partial charge in [0.05, 0.1) is 4.92 Å². The lowest BCUT2D eigenvalue weighted by atomic mass is 10.2. The standard InChI is InChI=1S/C11H12FN3O5/c1-6(10(16)17)14-11(18)13-5-7-3-2-4-8(9(7)12)15(19)20/h2-4,6H,5H2,1H3,(H,16,17)(H2,13,14,18). The first kappa shape index (κ1) is 15.3. The van der Waals surface area contributed by atoms with Crippen LogP contribution in [0.4, 0.5) is 14.9 Å². The van der Waals surface area contributed by atoms with Crippen LogP contribution in [0.5, 0.6) is 0 Å². The number of carbonyl (C=O) groups is 2. The molecule has 3 N–H and O–H groups in total. The summed E-state index contributed by atoms with van der Waals surface area (Å²) in [5, 5.41) is 23.4. The van der Waals surface area contributed by atoms with Gasteiger partial charge in [-0.25, -0.2) is 4.79 Å². The van der Waals surface area contributed by atoms with E-state index >= 15 is 0 Å². The number of urea groups is 1. The zero-order valence-corrected chi connectivity index (χ0v) is 10.4. The summed E-state index contributed by atoms with van der Waals surface area (Å²) >= 11 is 0. The molecule has 1 atom stereocenters. The van der Waals surface area contributed by atoms with E-state index in [1.807, 2.05) is 0 Å². The number of aliphatic carboxylic acids is 1. The highest BCUT2D eigenvalue weighted by atomic mass is 19.1. The van der Waals surface area contributed by atoms with E-state index in [0.29, 0.717) is 0 Å². The topological polar surface area (TPSA) is 122 Å². The second-order valence-corrected chi connectivity index (χ2v) is 3.89. The summed E-state index contributed by atoms with van der Waals surface area (Å²) < 4.78 is 13.7. The summed E-state index contributed by atoms with van der Waals surface area (Å²) in [6, 6.07) is 1.65. The van der Waals surface area contributed by atoms with Gasteiger partial charge in [-0.1, -0.05) is 12.1 Å². The fourth-order valence-corrected chi connectivity index (χ4v) is 1.33. The van der Waals surface area contributed by atoms with Crippen LogP contribution in [-0.4, -0.2) is 28.1 Å². The van der Waals surface area contributed by atoms with Crippen LogP contribution in [0.15, 0.2) is 18.2 Å². The largest absolute Gasteiger partial charge is 0.480 e. The maximum atomic E-state index is 13.7. The van der Waals surface area contributed by atoms with E-state index in [2.05, 4.69) is 10.6 Å². The molecule has 1 unspecified atom stereocenters. The quantitative estimate of drug-likeness (QED) is 0.550. The van der Waals surface area contributed by atoms with Gasteiger partial charge in [0.25, 0.3) is 0 Å². The van der Waals surface area contributed by atoms with Gasteiger partial charge in [0, 0.05) is 18.2 Å². The van der Waals surface area contributed by atoms with Crippen LogP contribution in [0, 0.1) is 15.9 Å². The van der Waals surface area contributed by atoms with E-state index in [4.69, 9.17) is 5.11 Å². The third-order valence-electron chi connectivity index (χ3n) is 2.41. The molecule has 0 aliphatic heterocycles. The van der Waals surface area contributed by atoms with E-state index in [-0.39, 0.29) is 12.1 Å². The molecular formula is C11H12FN3O5. The number of rotatable bonds is 5. The molecule has 0 bridgehead atoms. The molecule has 2 amide bonds. The van der Waals surface area contributed by atoms with Crippen molar-refractivity contribution >= 4 is 17.7 Å². The Morgan fingerprint density at radius 2 is 2.15 bits per heavy atom. The molecule has 0 aromatic heterocycles. The van der Waals surface area contributed by atoms with Crippen LogP contribution in [-0.2, 0) is 11.3 Å². The predicted molar refractivity (Wildman–Crippen MR) is 65.5 cm³/mol. The fraction of sp³-hybridized carbons (Fsp3) is 0.273. The molecular weight excluding hydrogens is 273 g/mol. The van der Waals surface area contributed by atoms with Gasteiger partial charge in [0.2, 0.25) is 5.82 Å². The van der Waals surface area contributed by atoms with Crippen LogP contribution in [0.2, 0.25) is 0 Å². The Balaban J connectivity index is 2.67. The van der Waals surface area contributed by atoms with Gasteiger partial charge < -0.3 is 15.7 Å². The molecule has 0 radical (unpaired) electrons. The number of hydrogen-bond acceptors (Lipinski definition) is 4. The normalized spacial score (nSPS) is 11.5. The molecule has 9 heteroatoms. The minimum atomic E-state index is -1.22. The number of benzene rings is 1. The van der Waals surface area contributed by atoms with E-state index < -0.39 is 34.5 Å². The van der Waals surface area contributed by atoms with E-state index in [1.54, 1.807) is 0 Å². The molecule has 1 rings (SSSR count). The van der Waals surface area contributed by atoms with Crippen molar-refractivity contribution in [1.29, 1.82) is 0 Å². The summed E-state index contributed by atoms with van der Waals surface area (Å²) in [5.74, 6) is -2.26. The minimum Gasteiger partial charge on any atom is -0.480 e. The van der Waals surface area contributed by atoms with Crippen molar-refractivity contribution in [3.63, 3.8) is 0 Å². The third-order valence-corrected chi connectivity index (χ3v) is 2.41. The number of nitro groups is 1. The second-order valence-electron chi connectivity index (χ2n) is 3.89. The number of halogens is 1. The van der Waals surface area contributed by atoms with Gasteiger partial charge in [0.1, 0.15) is 6.04 Å². The van der Waals surface area contributed by atoms with Crippen molar-refractivity contribution < 1.29 is 24.0 Å². The molecule has 20 heavy (non-hydrogen) atoms. The lowest BCUT2D eigenvalue weighted by Gasteiger charge is -2.11. The Labute approximate surface area is 112 Å². The summed E-state index contributed by atoms with van der Waals surface area (Å²) in [6.45, 7) is 0.960. The SMILES string of the molecule is CC(NC(=O)NCc1cccc([N+](=O)[O-])c1F)C(=O)O. The average molecular weight is 285 g/mol. The van der Waals surface area contributed by atoms with Gasteiger partial charge in [0.15, 0.2) is 0 Å². The summed E-state index contributed by atoms with van der Waals surface area (Å²) in [4.78, 5) is 31.5. The number of nitrogens with one attached hydrogen (secondary N) is 2. The average Bonchev–Trinajstić information content (AvgIpc) is 2.36. The smallest absolute Gasteiger partial charge is 0.325 e. The minimum absolute atomic E-state index is 0.0719. The predicted octanol–water partition coefficient (Wildman–Crippen LogP) is 1.01. The first-order valence-electron chi connectivity index (χ1n) is 5.52. The number of nitrogens with zero attached hydrogens (tertiary/aromatic N) is 1. The molecule has 1 aromatic carbocycles. The van der Waals surface area contributed by atoms with Gasteiger partial charge >= 0.3 is 17.7 Å². The first-order chi connectivity index (χ1) is 9.32. The van der Waals surface area contributed by atoms with Crippen LogP contribution in [0.3, 0.4) is 0 Å². The Hall–Kier alpha value is -2.71. The number of carboxylic acids is 1. The van der Waals surface area contributed by atoms with E-state index in [1.165, 1.54) is 19.1 Å². The van der Waals surface area contributed by atoms with Crippen LogP contribution in [0.25, 0.3) is 0 Å². The zero-order valence-electron chi connectivity index (χ0n) is 10.4. The van der Waals surface area contributed by atoms with Gasteiger partial charge in [-0.2, -0.15) is 4.39 Å². The van der Waals surface area contributed by atoms with E-state index in [9.17, 15) is 24.1 Å². The van der Waals surface area contributed by atoms with Crippen molar-refractivity contribution in [1.82, 2.24) is 10.6 Å². The number of hydrogen-bond donors (Lipinski definition) is 3. The molecule has 0 saturated carbocycles. The summed E-state index contributed by atoms with van der Waals surface area (Å²) in [6.07, 6.45) is 0. The van der Waals surface area contributed by atoms with Crippen molar-refractivity contribution in [3.05, 3.63) is 39.7 Å². The number of carboxylic acid groups (broad SMARTS) is 1. The van der Waals surface area contributed by atoms with Crippen molar-refractivity contribution in [3.8, 4) is 0 Å². The fourth-order valence-electron chi connectivity index (χ4n) is 1.33. The molecule has 108 valence electrons. The van der Waals surface area contributed by atoms with Crippen LogP contribution >= 0.6 is 0 Å². The van der Waals surface area contributed by atoms with Gasteiger partial charge in [-0.15, -0.1) is 0 Å². The highest BCUT2D eigenvalue weighted by Gasteiger charge is 2.18. The van der Waals surface area contributed by atoms with Crippen LogP contribution < -0.4 is 10.6 Å². The molecule has 0 spiro atoms. The highest BCUT2D eigenvalue weighted by Crippen LogP contribution is 2.19. The molecule has 0 saturated heterocycles. The molecule has 0 aliphatic rings. The molecule has 1 aromatic rings. The van der Waals surface area contributed by atoms with Crippen molar-refractivity contribution in [2.75, 3.05) is 0 Å². The lowest BCUT2D eigenvalue weighted by Crippen LogP contribution is -2.44. The number of amides is 2. The Morgan fingerprint density at radius 3 is 2.70 bits per heavy atom. The maximum absolute atomic E-state index is 13.7. The Kier molecular flexibility index (Phi) is 4.95. The van der Waals surface area contributed by atoms with Gasteiger partial charge in [-0.05, 0) is 6.92 Å². The van der Waals surface area contributed by atoms with Crippen molar-refractivity contribution in [2.45, 2.75) is 19.5 Å². The molecule has 8 nitrogen and oxygen atoms in total. The monoisotopic (exact) mass is 285 g/mol. The van der Waals surface area contributed by atoms with Gasteiger partial charge in [-0.3, -0.25) is 14.9 Å². The molecule has 0 heterocycles. The summed E-state index contributed by atoms with van der Waals surface area (Å²) in [7, 11) is 0. The maximum Gasteiger partial charge on any atom is 0.325 e. The Bertz CT molecular complexity index is 549. The number of carbonyl (C=O) groups excluding carboxylic acids is 1. The van der Waals surface area contributed by atoms with E-state index in [0.717, 1.165) is 6.07 Å². The molecule has 0 aliphatic carbocycles. The lowest BCUT2D eigenvalue weighted by molar-refractivity contribution is -0.387. The first-order valence-corrected chi connectivity index (χ1v) is 5.52. The van der Waals surface area contributed by atoms with Crippen molar-refractivity contribution in [2.24, 2.45) is 0 Å². The molecule has 0 fully saturated rings. The zero-order chi connectivity index (χ0) is 15.3. The second kappa shape index (κ2) is 6.45. The number of nitro benzene ring substituents is 1. The third kappa shape index (κ3) is 3.90.